The van der Waals surface area contributed by atoms with Crippen molar-refractivity contribution in [3.05, 3.63) is 46.5 Å². The zero-order chi connectivity index (χ0) is 17.0. The highest BCUT2D eigenvalue weighted by Crippen LogP contribution is 2.17. The van der Waals surface area contributed by atoms with Crippen LogP contribution in [0.4, 0.5) is 5.13 Å². The van der Waals surface area contributed by atoms with E-state index in [2.05, 4.69) is 10.3 Å². The SMILES string of the molecule is Cc1ccc(C(=O)N(CC(=O)Nc2ncc(C)s2)C(C)C)cc1. The molecule has 0 aliphatic heterocycles. The van der Waals surface area contributed by atoms with Crippen LogP contribution in [-0.2, 0) is 4.79 Å². The van der Waals surface area contributed by atoms with Crippen LogP contribution in [0.15, 0.2) is 30.5 Å². The number of hydrogen-bond acceptors (Lipinski definition) is 4. The average molecular weight is 331 g/mol. The third kappa shape index (κ3) is 4.63. The van der Waals surface area contributed by atoms with E-state index >= 15 is 0 Å². The molecule has 1 aromatic carbocycles. The largest absolute Gasteiger partial charge is 0.327 e. The standard InChI is InChI=1S/C17H21N3O2S/c1-11(2)20(16(22)14-7-5-12(3)6-8-14)10-15(21)19-17-18-9-13(4)23-17/h5-9,11H,10H2,1-4H3,(H,18,19,21). The van der Waals surface area contributed by atoms with Crippen LogP contribution >= 0.6 is 11.3 Å². The second kappa shape index (κ2) is 7.37. The van der Waals surface area contributed by atoms with Gasteiger partial charge < -0.3 is 10.2 Å². The molecule has 0 radical (unpaired) electrons. The Bertz CT molecular complexity index is 692. The third-order valence-electron chi connectivity index (χ3n) is 3.36. The van der Waals surface area contributed by atoms with Crippen LogP contribution < -0.4 is 5.32 Å². The molecule has 23 heavy (non-hydrogen) atoms. The Balaban J connectivity index is 2.07. The highest BCUT2D eigenvalue weighted by Gasteiger charge is 2.22. The first-order valence-electron chi connectivity index (χ1n) is 7.46. The van der Waals surface area contributed by atoms with Gasteiger partial charge in [0.25, 0.3) is 5.91 Å². The zero-order valence-corrected chi connectivity index (χ0v) is 14.6. The van der Waals surface area contributed by atoms with E-state index in [1.165, 1.54) is 11.3 Å². The number of amides is 2. The Morgan fingerprint density at radius 2 is 1.87 bits per heavy atom. The van der Waals surface area contributed by atoms with Gasteiger partial charge in [-0.15, -0.1) is 11.3 Å². The Morgan fingerprint density at radius 1 is 1.22 bits per heavy atom. The minimum Gasteiger partial charge on any atom is -0.327 e. The fraction of sp³-hybridized carbons (Fsp3) is 0.353. The topological polar surface area (TPSA) is 62.3 Å². The van der Waals surface area contributed by atoms with Gasteiger partial charge in [0, 0.05) is 22.7 Å². The number of anilines is 1. The van der Waals surface area contributed by atoms with E-state index in [4.69, 9.17) is 0 Å². The molecule has 0 aliphatic carbocycles. The highest BCUT2D eigenvalue weighted by atomic mass is 32.1. The maximum Gasteiger partial charge on any atom is 0.254 e. The quantitative estimate of drug-likeness (QED) is 0.915. The van der Waals surface area contributed by atoms with Crippen LogP contribution in [0.2, 0.25) is 0 Å². The Labute approximate surface area is 140 Å². The molecule has 0 atom stereocenters. The molecule has 2 aromatic rings. The predicted octanol–water partition coefficient (Wildman–Crippen LogP) is 3.25. The highest BCUT2D eigenvalue weighted by molar-refractivity contribution is 7.15. The van der Waals surface area contributed by atoms with Gasteiger partial charge in [0.05, 0.1) is 0 Å². The molecule has 6 heteroatoms. The summed E-state index contributed by atoms with van der Waals surface area (Å²) in [6, 6.07) is 7.28. The van der Waals surface area contributed by atoms with Crippen molar-refractivity contribution in [3.63, 3.8) is 0 Å². The van der Waals surface area contributed by atoms with E-state index in [1.807, 2.05) is 39.8 Å². The molecule has 0 saturated heterocycles. The first-order chi connectivity index (χ1) is 10.9. The summed E-state index contributed by atoms with van der Waals surface area (Å²) in [5, 5.41) is 3.29. The van der Waals surface area contributed by atoms with Crippen LogP contribution in [0.3, 0.4) is 0 Å². The fourth-order valence-electron chi connectivity index (χ4n) is 2.08. The number of rotatable bonds is 5. The Kier molecular flexibility index (Phi) is 5.50. The molecule has 0 bridgehead atoms. The van der Waals surface area contributed by atoms with Gasteiger partial charge in [-0.1, -0.05) is 17.7 Å². The van der Waals surface area contributed by atoms with E-state index in [9.17, 15) is 9.59 Å². The summed E-state index contributed by atoms with van der Waals surface area (Å²) in [6.07, 6.45) is 1.71. The molecule has 1 aromatic heterocycles. The third-order valence-corrected chi connectivity index (χ3v) is 4.19. The van der Waals surface area contributed by atoms with Crippen molar-refractivity contribution in [3.8, 4) is 0 Å². The van der Waals surface area contributed by atoms with Crippen LogP contribution in [0.5, 0.6) is 0 Å². The van der Waals surface area contributed by atoms with E-state index in [-0.39, 0.29) is 24.4 Å². The summed E-state index contributed by atoms with van der Waals surface area (Å²) in [6.45, 7) is 7.69. The molecular weight excluding hydrogens is 310 g/mol. The molecular formula is C17H21N3O2S. The van der Waals surface area contributed by atoms with Gasteiger partial charge in [-0.25, -0.2) is 4.98 Å². The minimum absolute atomic E-state index is 0.00298. The fourth-order valence-corrected chi connectivity index (χ4v) is 2.76. The predicted molar refractivity (Wildman–Crippen MR) is 92.8 cm³/mol. The number of carbonyl (C=O) groups excluding carboxylic acids is 2. The molecule has 0 unspecified atom stereocenters. The maximum absolute atomic E-state index is 12.6. The second-order valence-electron chi connectivity index (χ2n) is 5.72. The molecule has 2 rings (SSSR count). The van der Waals surface area contributed by atoms with E-state index in [0.29, 0.717) is 10.7 Å². The number of aryl methyl sites for hydroxylation is 2. The number of nitrogens with one attached hydrogen (secondary N) is 1. The minimum atomic E-state index is -0.242. The van der Waals surface area contributed by atoms with E-state index < -0.39 is 0 Å². The Hall–Kier alpha value is -2.21. The van der Waals surface area contributed by atoms with Crippen LogP contribution in [-0.4, -0.2) is 34.3 Å². The molecule has 0 aliphatic rings. The van der Waals surface area contributed by atoms with Crippen molar-refractivity contribution in [1.29, 1.82) is 0 Å². The van der Waals surface area contributed by atoms with Crippen molar-refractivity contribution in [2.24, 2.45) is 0 Å². The lowest BCUT2D eigenvalue weighted by Crippen LogP contribution is -2.42. The number of nitrogens with zero attached hydrogens (tertiary/aromatic N) is 2. The zero-order valence-electron chi connectivity index (χ0n) is 13.8. The molecule has 0 spiro atoms. The summed E-state index contributed by atoms with van der Waals surface area (Å²) in [5.41, 5.74) is 1.68. The lowest BCUT2D eigenvalue weighted by Gasteiger charge is -2.26. The number of thiazole rings is 1. The summed E-state index contributed by atoms with van der Waals surface area (Å²) >= 11 is 1.41. The van der Waals surface area contributed by atoms with Gasteiger partial charge in [-0.3, -0.25) is 9.59 Å². The molecule has 0 fully saturated rings. The monoisotopic (exact) mass is 331 g/mol. The first kappa shape index (κ1) is 17.1. The summed E-state index contributed by atoms with van der Waals surface area (Å²) in [4.78, 5) is 31.5. The van der Waals surface area contributed by atoms with Crippen LogP contribution in [0.1, 0.15) is 34.6 Å². The molecule has 0 saturated carbocycles. The summed E-state index contributed by atoms with van der Waals surface area (Å²) < 4.78 is 0. The van der Waals surface area contributed by atoms with Crippen molar-refractivity contribution < 1.29 is 9.59 Å². The lowest BCUT2D eigenvalue weighted by atomic mass is 10.1. The van der Waals surface area contributed by atoms with E-state index in [1.54, 1.807) is 23.2 Å². The van der Waals surface area contributed by atoms with Crippen molar-refractivity contribution in [1.82, 2.24) is 9.88 Å². The number of hydrogen-bond donors (Lipinski definition) is 1. The first-order valence-corrected chi connectivity index (χ1v) is 8.28. The van der Waals surface area contributed by atoms with E-state index in [0.717, 1.165) is 10.4 Å². The van der Waals surface area contributed by atoms with Gasteiger partial charge in [0.15, 0.2) is 5.13 Å². The number of aromatic nitrogens is 1. The molecule has 1 heterocycles. The smallest absolute Gasteiger partial charge is 0.254 e. The van der Waals surface area contributed by atoms with Crippen LogP contribution in [0.25, 0.3) is 0 Å². The average Bonchev–Trinajstić information content (AvgIpc) is 2.89. The molecule has 2 amide bonds. The van der Waals surface area contributed by atoms with Gasteiger partial charge in [-0.05, 0) is 39.8 Å². The van der Waals surface area contributed by atoms with Gasteiger partial charge in [0.1, 0.15) is 6.54 Å². The van der Waals surface area contributed by atoms with Gasteiger partial charge in [0.2, 0.25) is 5.91 Å². The van der Waals surface area contributed by atoms with Crippen molar-refractivity contribution >= 4 is 28.3 Å². The van der Waals surface area contributed by atoms with Crippen molar-refractivity contribution in [2.75, 3.05) is 11.9 Å². The Morgan fingerprint density at radius 3 is 2.39 bits per heavy atom. The van der Waals surface area contributed by atoms with Crippen molar-refractivity contribution in [2.45, 2.75) is 33.7 Å². The lowest BCUT2D eigenvalue weighted by molar-refractivity contribution is -0.117. The van der Waals surface area contributed by atoms with Gasteiger partial charge >= 0.3 is 0 Å². The molecule has 1 N–H and O–H groups in total. The van der Waals surface area contributed by atoms with Crippen LogP contribution in [0, 0.1) is 13.8 Å². The number of carbonyl (C=O) groups is 2. The second-order valence-corrected chi connectivity index (χ2v) is 6.95. The molecule has 122 valence electrons. The normalized spacial score (nSPS) is 10.7. The maximum atomic E-state index is 12.6. The molecule has 5 nitrogen and oxygen atoms in total. The van der Waals surface area contributed by atoms with Gasteiger partial charge in [-0.2, -0.15) is 0 Å². The summed E-state index contributed by atoms with van der Waals surface area (Å²) in [5.74, 6) is -0.390. The summed E-state index contributed by atoms with van der Waals surface area (Å²) in [7, 11) is 0. The number of benzene rings is 1.